The summed E-state index contributed by atoms with van der Waals surface area (Å²) in [5.41, 5.74) is 5.71. The number of ether oxygens (including phenoxy) is 1. The van der Waals surface area contributed by atoms with Crippen LogP contribution in [0.15, 0.2) is 30.3 Å². The topological polar surface area (TPSA) is 26.3 Å². The third kappa shape index (κ3) is 4.70. The Bertz CT molecular complexity index is 762. The third-order valence-electron chi connectivity index (χ3n) is 4.38. The number of hydrogen-bond acceptors (Lipinski definition) is 2. The zero-order valence-corrected chi connectivity index (χ0v) is 17.4. The highest BCUT2D eigenvalue weighted by Gasteiger charge is 2.19. The molecule has 2 nitrogen and oxygen atoms in total. The van der Waals surface area contributed by atoms with Crippen molar-refractivity contribution in [3.8, 4) is 5.75 Å². The molecule has 3 heteroatoms. The van der Waals surface area contributed by atoms with E-state index >= 15 is 0 Å². The van der Waals surface area contributed by atoms with E-state index in [0.717, 1.165) is 33.3 Å². The predicted molar refractivity (Wildman–Crippen MR) is 109 cm³/mol. The van der Waals surface area contributed by atoms with E-state index in [1.54, 1.807) is 0 Å². The summed E-state index contributed by atoms with van der Waals surface area (Å²) in [6, 6.07) is 10.3. The van der Waals surface area contributed by atoms with Crippen molar-refractivity contribution in [3.05, 3.63) is 58.1 Å². The van der Waals surface area contributed by atoms with E-state index in [1.807, 2.05) is 45.9 Å². The van der Waals surface area contributed by atoms with Crippen molar-refractivity contribution >= 4 is 19.4 Å². The minimum atomic E-state index is 0.0884. The van der Waals surface area contributed by atoms with Crippen LogP contribution in [0.25, 0.3) is 0 Å². The summed E-state index contributed by atoms with van der Waals surface area (Å²) in [4.78, 5) is 13.0. The van der Waals surface area contributed by atoms with Gasteiger partial charge in [-0.25, -0.2) is 0 Å². The normalized spacial score (nSPS) is 12.0. The molecular formula is C22H29O2P. The first-order valence-electron chi connectivity index (χ1n) is 8.80. The second kappa shape index (κ2) is 7.70. The third-order valence-corrected chi connectivity index (χ3v) is 5.69. The minimum absolute atomic E-state index is 0.0884. The molecule has 0 aliphatic heterocycles. The molecule has 134 valence electrons. The van der Waals surface area contributed by atoms with E-state index in [1.165, 1.54) is 5.56 Å². The molecule has 25 heavy (non-hydrogen) atoms. The van der Waals surface area contributed by atoms with Crippen molar-refractivity contribution in [1.82, 2.24) is 0 Å². The molecule has 2 rings (SSSR count). The van der Waals surface area contributed by atoms with Crippen LogP contribution >= 0.6 is 8.58 Å². The number of benzene rings is 2. The fraction of sp³-hybridized carbons (Fsp3) is 0.409. The fourth-order valence-corrected chi connectivity index (χ4v) is 4.17. The summed E-state index contributed by atoms with van der Waals surface area (Å²) in [5, 5.41) is 1.09. The van der Waals surface area contributed by atoms with Gasteiger partial charge in [-0.2, -0.15) is 0 Å². The smallest absolute Gasteiger partial charge is 0.186 e. The Morgan fingerprint density at radius 2 is 1.60 bits per heavy atom. The Balaban J connectivity index is 2.30. The average molecular weight is 356 g/mol. The molecule has 0 bridgehead atoms. The first kappa shape index (κ1) is 19.7. The first-order valence-corrected chi connectivity index (χ1v) is 9.80. The van der Waals surface area contributed by atoms with Crippen LogP contribution in [0.1, 0.15) is 60.3 Å². The largest absolute Gasteiger partial charge is 0.494 e. The Morgan fingerprint density at radius 3 is 2.08 bits per heavy atom. The number of hydrogen-bond donors (Lipinski definition) is 0. The van der Waals surface area contributed by atoms with Gasteiger partial charge in [0, 0.05) is 5.56 Å². The molecule has 0 spiro atoms. The molecule has 0 heterocycles. The maximum absolute atomic E-state index is 13.0. The monoisotopic (exact) mass is 356 g/mol. The van der Waals surface area contributed by atoms with Gasteiger partial charge in [0.15, 0.2) is 5.52 Å². The molecule has 1 unspecified atom stereocenters. The zero-order valence-electron chi connectivity index (χ0n) is 16.4. The molecule has 0 aliphatic carbocycles. The molecule has 0 aliphatic rings. The Kier molecular flexibility index (Phi) is 6.06. The molecule has 0 radical (unpaired) electrons. The van der Waals surface area contributed by atoms with E-state index in [9.17, 15) is 4.79 Å². The highest BCUT2D eigenvalue weighted by Crippen LogP contribution is 2.31. The van der Waals surface area contributed by atoms with Gasteiger partial charge in [-0.3, -0.25) is 4.79 Å². The lowest BCUT2D eigenvalue weighted by Crippen LogP contribution is -2.14. The van der Waals surface area contributed by atoms with Crippen molar-refractivity contribution < 1.29 is 9.53 Å². The molecule has 0 fully saturated rings. The van der Waals surface area contributed by atoms with Gasteiger partial charge in [0.2, 0.25) is 0 Å². The standard InChI is InChI=1S/C22H29O2P/c1-8-24-18-9-10-19(14(2)13-18)25-21(23)20-15(3)11-17(12-16(20)4)22(5,6)7/h9-13,25H,8H2,1-7H3. The van der Waals surface area contributed by atoms with Crippen LogP contribution < -0.4 is 10.0 Å². The first-order chi connectivity index (χ1) is 11.6. The fourth-order valence-electron chi connectivity index (χ4n) is 2.97. The summed E-state index contributed by atoms with van der Waals surface area (Å²) in [5.74, 6) is 0.864. The van der Waals surface area contributed by atoms with Crippen molar-refractivity contribution in [1.29, 1.82) is 0 Å². The SMILES string of the molecule is CCOc1ccc(PC(=O)c2c(C)cc(C(C)(C)C)cc2C)c(C)c1. The molecule has 0 saturated carbocycles. The summed E-state index contributed by atoms with van der Waals surface area (Å²) >= 11 is 0. The number of aryl methyl sites for hydroxylation is 3. The van der Waals surface area contributed by atoms with Gasteiger partial charge in [0.05, 0.1) is 6.61 Å². The highest BCUT2D eigenvalue weighted by molar-refractivity contribution is 7.66. The molecule has 2 aromatic rings. The molecule has 0 N–H and O–H groups in total. The molecule has 1 atom stereocenters. The number of rotatable bonds is 5. The average Bonchev–Trinajstić information content (AvgIpc) is 2.48. The predicted octanol–water partition coefficient (Wildman–Crippen LogP) is 5.45. The highest BCUT2D eigenvalue weighted by atomic mass is 31.1. The maximum atomic E-state index is 13.0. The van der Waals surface area contributed by atoms with E-state index in [4.69, 9.17) is 4.74 Å². The summed E-state index contributed by atoms with van der Waals surface area (Å²) in [6.45, 7) is 15.4. The second-order valence-corrected chi connectivity index (χ2v) is 8.84. The zero-order chi connectivity index (χ0) is 18.8. The molecular weight excluding hydrogens is 327 g/mol. The lowest BCUT2D eigenvalue weighted by Gasteiger charge is -2.22. The van der Waals surface area contributed by atoms with Crippen LogP contribution in [-0.2, 0) is 5.41 Å². The van der Waals surface area contributed by atoms with Crippen LogP contribution in [0.4, 0.5) is 0 Å². The maximum Gasteiger partial charge on any atom is 0.186 e. The van der Waals surface area contributed by atoms with Gasteiger partial charge >= 0.3 is 0 Å². The Hall–Kier alpha value is -1.66. The minimum Gasteiger partial charge on any atom is -0.494 e. The van der Waals surface area contributed by atoms with E-state index in [0.29, 0.717) is 6.61 Å². The van der Waals surface area contributed by atoms with Gasteiger partial charge in [-0.15, -0.1) is 0 Å². The van der Waals surface area contributed by atoms with Gasteiger partial charge < -0.3 is 4.74 Å². The molecule has 0 aromatic heterocycles. The van der Waals surface area contributed by atoms with Crippen molar-refractivity contribution in [2.24, 2.45) is 0 Å². The lowest BCUT2D eigenvalue weighted by molar-refractivity contribution is 0.108. The van der Waals surface area contributed by atoms with Crippen molar-refractivity contribution in [2.45, 2.75) is 53.9 Å². The van der Waals surface area contributed by atoms with Crippen LogP contribution in [0, 0.1) is 20.8 Å². The number of carbonyl (C=O) groups is 1. The van der Waals surface area contributed by atoms with Gasteiger partial charge in [0.25, 0.3) is 0 Å². The Morgan fingerprint density at radius 1 is 1.00 bits per heavy atom. The van der Waals surface area contributed by atoms with Crippen LogP contribution in [0.2, 0.25) is 0 Å². The molecule has 2 aromatic carbocycles. The quantitative estimate of drug-likeness (QED) is 0.666. The molecule has 0 saturated heterocycles. The molecule has 0 amide bonds. The van der Waals surface area contributed by atoms with Crippen molar-refractivity contribution in [2.75, 3.05) is 6.61 Å². The van der Waals surface area contributed by atoms with E-state index in [2.05, 4.69) is 32.9 Å². The van der Waals surface area contributed by atoms with Crippen LogP contribution in [0.5, 0.6) is 5.75 Å². The summed E-state index contributed by atoms with van der Waals surface area (Å²) in [7, 11) is 0.135. The summed E-state index contributed by atoms with van der Waals surface area (Å²) in [6.07, 6.45) is 0. The van der Waals surface area contributed by atoms with E-state index in [-0.39, 0.29) is 19.5 Å². The van der Waals surface area contributed by atoms with Gasteiger partial charge in [-0.1, -0.05) is 39.0 Å². The lowest BCUT2D eigenvalue weighted by atomic mass is 9.84. The Labute approximate surface area is 153 Å². The van der Waals surface area contributed by atoms with Crippen molar-refractivity contribution in [3.63, 3.8) is 0 Å². The van der Waals surface area contributed by atoms with Crippen LogP contribution in [-0.4, -0.2) is 12.1 Å². The van der Waals surface area contributed by atoms with Gasteiger partial charge in [-0.05, 0) is 81.4 Å². The van der Waals surface area contributed by atoms with Gasteiger partial charge in [0.1, 0.15) is 5.75 Å². The second-order valence-electron chi connectivity index (χ2n) is 7.60. The van der Waals surface area contributed by atoms with Crippen LogP contribution in [0.3, 0.4) is 0 Å². The summed E-state index contributed by atoms with van der Waals surface area (Å²) < 4.78 is 5.53. The van der Waals surface area contributed by atoms with E-state index < -0.39 is 0 Å². The number of carbonyl (C=O) groups excluding carboxylic acids is 1.